The first-order valence-corrected chi connectivity index (χ1v) is 10.6. The number of piperidine rings is 1. The third-order valence-corrected chi connectivity index (χ3v) is 5.77. The summed E-state index contributed by atoms with van der Waals surface area (Å²) in [6.45, 7) is 5.29. The fraction of sp³-hybridized carbons (Fsp3) is 0.417. The Morgan fingerprint density at radius 2 is 1.87 bits per heavy atom. The highest BCUT2D eigenvalue weighted by Crippen LogP contribution is 2.25. The molecule has 2 unspecified atom stereocenters. The molecule has 0 bridgehead atoms. The van der Waals surface area contributed by atoms with Crippen molar-refractivity contribution in [3.8, 4) is 17.1 Å². The number of methoxy groups -OCH3 is 1. The van der Waals surface area contributed by atoms with Crippen molar-refractivity contribution < 1.29 is 9.13 Å². The summed E-state index contributed by atoms with van der Waals surface area (Å²) >= 11 is 0. The van der Waals surface area contributed by atoms with Gasteiger partial charge in [-0.05, 0) is 55.1 Å². The van der Waals surface area contributed by atoms with Crippen molar-refractivity contribution in [1.82, 2.24) is 20.1 Å². The lowest BCUT2D eigenvalue weighted by atomic mass is 9.99. The first kappa shape index (κ1) is 20.7. The second kappa shape index (κ2) is 9.06. The van der Waals surface area contributed by atoms with Gasteiger partial charge in [0.15, 0.2) is 11.6 Å². The largest absolute Gasteiger partial charge is 0.381 e. The Hall–Kier alpha value is -2.57. The molecule has 0 amide bonds. The molecule has 1 aromatic heterocycles. The van der Waals surface area contributed by atoms with Crippen LogP contribution in [-0.2, 0) is 11.2 Å². The van der Waals surface area contributed by atoms with Gasteiger partial charge in [-0.1, -0.05) is 38.1 Å². The zero-order valence-electron chi connectivity index (χ0n) is 17.8. The summed E-state index contributed by atoms with van der Waals surface area (Å²) in [6, 6.07) is 15.1. The van der Waals surface area contributed by atoms with Crippen molar-refractivity contribution in [2.75, 3.05) is 13.7 Å². The van der Waals surface area contributed by atoms with E-state index in [2.05, 4.69) is 43.4 Å². The number of hydrogen-bond donors (Lipinski definition) is 1. The van der Waals surface area contributed by atoms with Gasteiger partial charge in [0.1, 0.15) is 5.82 Å². The third-order valence-electron chi connectivity index (χ3n) is 5.77. The molecule has 5 nitrogen and oxygen atoms in total. The van der Waals surface area contributed by atoms with Crippen molar-refractivity contribution in [3.63, 3.8) is 0 Å². The zero-order valence-corrected chi connectivity index (χ0v) is 17.8. The zero-order chi connectivity index (χ0) is 21.1. The normalized spacial score (nSPS) is 19.4. The van der Waals surface area contributed by atoms with Gasteiger partial charge < -0.3 is 10.1 Å². The molecule has 1 aliphatic rings. The Bertz CT molecular complexity index is 966. The smallest absolute Gasteiger partial charge is 0.163 e. The van der Waals surface area contributed by atoms with Crippen molar-refractivity contribution in [2.45, 2.75) is 51.2 Å². The molecule has 158 valence electrons. The molecular weight excluding hydrogens is 379 g/mol. The Labute approximate surface area is 177 Å². The second-order valence-corrected chi connectivity index (χ2v) is 8.25. The monoisotopic (exact) mass is 408 g/mol. The van der Waals surface area contributed by atoms with Gasteiger partial charge in [-0.3, -0.25) is 0 Å². The minimum Gasteiger partial charge on any atom is -0.381 e. The maximum absolute atomic E-state index is 13.5. The van der Waals surface area contributed by atoms with E-state index in [0.717, 1.165) is 48.7 Å². The molecule has 4 rings (SSSR count). The quantitative estimate of drug-likeness (QED) is 0.652. The molecule has 6 heteroatoms. The molecule has 2 atom stereocenters. The maximum atomic E-state index is 13.5. The van der Waals surface area contributed by atoms with Gasteiger partial charge in [0, 0.05) is 25.1 Å². The van der Waals surface area contributed by atoms with Gasteiger partial charge in [-0.2, -0.15) is 5.10 Å². The van der Waals surface area contributed by atoms with Gasteiger partial charge in [0.25, 0.3) is 0 Å². The Kier molecular flexibility index (Phi) is 6.25. The summed E-state index contributed by atoms with van der Waals surface area (Å²) in [5.74, 6) is 1.75. The van der Waals surface area contributed by atoms with E-state index in [9.17, 15) is 4.39 Å². The molecule has 2 heterocycles. The molecule has 3 aromatic rings. The van der Waals surface area contributed by atoms with E-state index >= 15 is 0 Å². The number of nitrogens with one attached hydrogen (secondary N) is 1. The predicted octanol–water partition coefficient (Wildman–Crippen LogP) is 4.51. The third kappa shape index (κ3) is 4.60. The summed E-state index contributed by atoms with van der Waals surface area (Å²) in [4.78, 5) is 4.88. The molecule has 1 saturated heterocycles. The number of nitrogens with zero attached hydrogens (tertiary/aromatic N) is 3. The van der Waals surface area contributed by atoms with E-state index in [4.69, 9.17) is 14.8 Å². The topological polar surface area (TPSA) is 52.0 Å². The average Bonchev–Trinajstić information content (AvgIpc) is 3.18. The average molecular weight is 409 g/mol. The second-order valence-electron chi connectivity index (χ2n) is 8.25. The van der Waals surface area contributed by atoms with Crippen LogP contribution in [0.2, 0.25) is 0 Å². The molecule has 2 aromatic carbocycles. The Balaban J connectivity index is 1.67. The van der Waals surface area contributed by atoms with Crippen molar-refractivity contribution >= 4 is 0 Å². The minimum absolute atomic E-state index is 0.265. The van der Waals surface area contributed by atoms with Crippen LogP contribution in [0.25, 0.3) is 17.1 Å². The van der Waals surface area contributed by atoms with Crippen LogP contribution in [0, 0.1) is 5.82 Å². The van der Waals surface area contributed by atoms with E-state index in [1.807, 2.05) is 4.68 Å². The van der Waals surface area contributed by atoms with Crippen LogP contribution in [0.5, 0.6) is 0 Å². The summed E-state index contributed by atoms with van der Waals surface area (Å²) in [7, 11) is 1.77. The molecule has 1 fully saturated rings. The van der Waals surface area contributed by atoms with Gasteiger partial charge in [0.05, 0.1) is 11.8 Å². The Morgan fingerprint density at radius 1 is 1.13 bits per heavy atom. The summed E-state index contributed by atoms with van der Waals surface area (Å²) < 4.78 is 20.8. The van der Waals surface area contributed by atoms with E-state index in [0.29, 0.717) is 5.92 Å². The van der Waals surface area contributed by atoms with Crippen LogP contribution in [-0.4, -0.2) is 40.6 Å². The lowest BCUT2D eigenvalue weighted by Crippen LogP contribution is -2.42. The number of halogens is 1. The first-order valence-electron chi connectivity index (χ1n) is 10.6. The highest BCUT2D eigenvalue weighted by molar-refractivity contribution is 5.58. The molecule has 1 aliphatic heterocycles. The molecule has 1 N–H and O–H groups in total. The molecular formula is C24H29FN4O. The number of ether oxygens (including phenoxy) is 1. The Morgan fingerprint density at radius 3 is 2.53 bits per heavy atom. The van der Waals surface area contributed by atoms with E-state index in [-0.39, 0.29) is 18.0 Å². The van der Waals surface area contributed by atoms with Crippen LogP contribution in [0.3, 0.4) is 0 Å². The van der Waals surface area contributed by atoms with Gasteiger partial charge in [-0.15, -0.1) is 0 Å². The highest BCUT2D eigenvalue weighted by atomic mass is 19.1. The van der Waals surface area contributed by atoms with Crippen molar-refractivity contribution in [3.05, 3.63) is 65.7 Å². The number of benzene rings is 2. The van der Waals surface area contributed by atoms with E-state index < -0.39 is 0 Å². The summed E-state index contributed by atoms with van der Waals surface area (Å²) in [5.41, 5.74) is 3.07. The first-order chi connectivity index (χ1) is 14.5. The summed E-state index contributed by atoms with van der Waals surface area (Å²) in [5, 5.41) is 8.34. The number of aromatic nitrogens is 3. The predicted molar refractivity (Wildman–Crippen MR) is 116 cm³/mol. The van der Waals surface area contributed by atoms with Gasteiger partial charge >= 0.3 is 0 Å². The lowest BCUT2D eigenvalue weighted by molar-refractivity contribution is 0.0618. The maximum Gasteiger partial charge on any atom is 0.163 e. The van der Waals surface area contributed by atoms with Crippen LogP contribution in [0.15, 0.2) is 48.5 Å². The van der Waals surface area contributed by atoms with Crippen LogP contribution in [0.1, 0.15) is 44.0 Å². The van der Waals surface area contributed by atoms with Gasteiger partial charge in [0.2, 0.25) is 0 Å². The fourth-order valence-electron chi connectivity index (χ4n) is 3.96. The number of rotatable bonds is 6. The van der Waals surface area contributed by atoms with Crippen LogP contribution in [0.4, 0.5) is 4.39 Å². The SMILES string of the molecule is COC1CCNC(Cc2nc(-c3ccc(C(C)C)cc3)n(-c3ccc(F)cc3)n2)C1. The molecule has 0 saturated carbocycles. The number of hydrogen-bond acceptors (Lipinski definition) is 4. The molecule has 0 spiro atoms. The van der Waals surface area contributed by atoms with Crippen molar-refractivity contribution in [2.24, 2.45) is 0 Å². The summed E-state index contributed by atoms with van der Waals surface area (Å²) in [6.07, 6.45) is 2.97. The molecule has 30 heavy (non-hydrogen) atoms. The lowest BCUT2D eigenvalue weighted by Gasteiger charge is -2.28. The fourth-order valence-corrected chi connectivity index (χ4v) is 3.96. The van der Waals surface area contributed by atoms with Gasteiger partial charge in [-0.25, -0.2) is 14.1 Å². The highest BCUT2D eigenvalue weighted by Gasteiger charge is 2.24. The van der Waals surface area contributed by atoms with E-state index in [1.165, 1.54) is 17.7 Å². The molecule has 0 aliphatic carbocycles. The van der Waals surface area contributed by atoms with E-state index in [1.54, 1.807) is 19.2 Å². The standard InChI is InChI=1S/C24H29FN4O/c1-16(2)17-4-6-18(7-5-17)24-27-23(15-20-14-22(30-3)12-13-26-20)28-29(24)21-10-8-19(25)9-11-21/h4-11,16,20,22,26H,12-15H2,1-3H3. The van der Waals surface area contributed by atoms with Crippen LogP contribution < -0.4 is 5.32 Å². The van der Waals surface area contributed by atoms with Crippen LogP contribution >= 0.6 is 0 Å². The molecule has 0 radical (unpaired) electrons. The minimum atomic E-state index is -0.265. The van der Waals surface area contributed by atoms with Crippen molar-refractivity contribution in [1.29, 1.82) is 0 Å².